The Balaban J connectivity index is 2.40. The van der Waals surface area contributed by atoms with Gasteiger partial charge in [-0.25, -0.2) is 0 Å². The van der Waals surface area contributed by atoms with Gasteiger partial charge in [-0.3, -0.25) is 4.79 Å². The molecule has 1 N–H and O–H groups in total. The minimum atomic E-state index is -0.299. The Morgan fingerprint density at radius 3 is 3.15 bits per heavy atom. The zero-order chi connectivity index (χ0) is 9.68. The fourth-order valence-electron chi connectivity index (χ4n) is 0.796. The highest BCUT2D eigenvalue weighted by Crippen LogP contribution is 2.17. The number of carbonyl (C=O) groups is 1. The molecule has 0 aromatic heterocycles. The molecular formula is C7H12N3O2S. The van der Waals surface area contributed by atoms with Gasteiger partial charge in [0.05, 0.1) is 5.37 Å². The van der Waals surface area contributed by atoms with Gasteiger partial charge in [-0.15, -0.1) is 0 Å². The third kappa shape index (κ3) is 3.33. The number of hydrogen-bond acceptors (Lipinski definition) is 4. The first-order chi connectivity index (χ1) is 6.26. The van der Waals surface area contributed by atoms with E-state index in [1.807, 2.05) is 6.92 Å². The molecule has 13 heavy (non-hydrogen) atoms. The Bertz CT molecular complexity index is 220. The van der Waals surface area contributed by atoms with E-state index in [0.29, 0.717) is 5.17 Å². The molecule has 1 saturated heterocycles. The molecule has 0 aromatic rings. The lowest BCUT2D eigenvalue weighted by Gasteiger charge is -1.98. The van der Waals surface area contributed by atoms with Crippen molar-refractivity contribution in [3.05, 3.63) is 0 Å². The van der Waals surface area contributed by atoms with Gasteiger partial charge in [0.2, 0.25) is 5.17 Å². The van der Waals surface area contributed by atoms with Crippen LogP contribution in [0.25, 0.3) is 0 Å². The first-order valence-corrected chi connectivity index (χ1v) is 4.87. The highest BCUT2D eigenvalue weighted by atomic mass is 32.2. The molecule has 1 unspecified atom stereocenters. The number of amidine groups is 1. The summed E-state index contributed by atoms with van der Waals surface area (Å²) >= 11 is 1.46. The fourth-order valence-corrected chi connectivity index (χ4v) is 1.58. The van der Waals surface area contributed by atoms with E-state index in [0.717, 1.165) is 6.42 Å². The van der Waals surface area contributed by atoms with Crippen molar-refractivity contribution in [2.45, 2.75) is 18.7 Å². The van der Waals surface area contributed by atoms with Crippen molar-refractivity contribution in [1.29, 1.82) is 0 Å². The van der Waals surface area contributed by atoms with Crippen LogP contribution in [0.15, 0.2) is 4.99 Å². The van der Waals surface area contributed by atoms with Crippen molar-refractivity contribution in [2.24, 2.45) is 4.99 Å². The molecule has 0 aromatic carbocycles. The van der Waals surface area contributed by atoms with Crippen LogP contribution in [0.4, 0.5) is 0 Å². The second kappa shape index (κ2) is 5.21. The standard InChI is InChI=1S/C7H12N3O2S/c1-3-6-9-10-7(13-6)8-5(11)4-12-2/h6,9H,3-4H2,1-2H3. The number of carbonyl (C=O) groups excluding carboxylic acids is 1. The van der Waals surface area contributed by atoms with Crippen LogP contribution in [0, 0.1) is 0 Å². The van der Waals surface area contributed by atoms with Gasteiger partial charge in [0.1, 0.15) is 6.61 Å². The van der Waals surface area contributed by atoms with Crippen LogP contribution < -0.4 is 10.9 Å². The highest BCUT2D eigenvalue weighted by molar-refractivity contribution is 8.14. The van der Waals surface area contributed by atoms with Crippen LogP contribution in [0.1, 0.15) is 13.3 Å². The maximum atomic E-state index is 11.0. The zero-order valence-electron chi connectivity index (χ0n) is 7.61. The summed E-state index contributed by atoms with van der Waals surface area (Å²) in [6.07, 6.45) is 0.950. The number of ether oxygens (including phenoxy) is 1. The Morgan fingerprint density at radius 2 is 2.62 bits per heavy atom. The van der Waals surface area contributed by atoms with Crippen LogP contribution in [-0.2, 0) is 9.53 Å². The summed E-state index contributed by atoms with van der Waals surface area (Å²) in [4.78, 5) is 14.7. The molecule has 73 valence electrons. The SMILES string of the molecule is CCC1N[N]C(=NC(=O)COC)S1. The third-order valence-corrected chi connectivity index (χ3v) is 2.53. The van der Waals surface area contributed by atoms with Gasteiger partial charge in [0, 0.05) is 7.11 Å². The van der Waals surface area contributed by atoms with Crippen molar-refractivity contribution < 1.29 is 9.53 Å². The molecule has 0 spiro atoms. The Labute approximate surface area is 81.3 Å². The van der Waals surface area contributed by atoms with Gasteiger partial charge in [0.25, 0.3) is 5.91 Å². The van der Waals surface area contributed by atoms with E-state index in [1.165, 1.54) is 18.9 Å². The maximum absolute atomic E-state index is 11.0. The van der Waals surface area contributed by atoms with Gasteiger partial charge in [-0.05, 0) is 6.42 Å². The fraction of sp³-hybridized carbons (Fsp3) is 0.714. The number of nitrogens with zero attached hydrogens (tertiary/aromatic N) is 2. The number of nitrogens with one attached hydrogen (secondary N) is 1. The summed E-state index contributed by atoms with van der Waals surface area (Å²) < 4.78 is 4.64. The molecule has 5 nitrogen and oxygen atoms in total. The first-order valence-electron chi connectivity index (χ1n) is 3.99. The molecule has 1 aliphatic heterocycles. The molecule has 1 amide bonds. The predicted molar refractivity (Wildman–Crippen MR) is 51.3 cm³/mol. The molecule has 1 fully saturated rings. The molecule has 1 atom stereocenters. The number of rotatable bonds is 3. The van der Waals surface area contributed by atoms with E-state index < -0.39 is 0 Å². The number of thioether (sulfide) groups is 1. The largest absolute Gasteiger partial charge is 0.375 e. The van der Waals surface area contributed by atoms with Gasteiger partial charge >= 0.3 is 0 Å². The summed E-state index contributed by atoms with van der Waals surface area (Å²) in [5, 5.41) is 0.739. The molecule has 6 heteroatoms. The lowest BCUT2D eigenvalue weighted by atomic mass is 10.5. The van der Waals surface area contributed by atoms with Crippen molar-refractivity contribution >= 4 is 22.8 Å². The van der Waals surface area contributed by atoms with Gasteiger partial charge in [-0.2, -0.15) is 15.8 Å². The van der Waals surface area contributed by atoms with Crippen molar-refractivity contribution in [1.82, 2.24) is 10.9 Å². The van der Waals surface area contributed by atoms with Crippen molar-refractivity contribution in [3.63, 3.8) is 0 Å². The van der Waals surface area contributed by atoms with Crippen LogP contribution in [0.2, 0.25) is 0 Å². The first kappa shape index (κ1) is 10.5. The van der Waals surface area contributed by atoms with E-state index in [4.69, 9.17) is 0 Å². The molecule has 0 bridgehead atoms. The van der Waals surface area contributed by atoms with Gasteiger partial charge < -0.3 is 4.74 Å². The second-order valence-corrected chi connectivity index (χ2v) is 3.65. The molecule has 1 aliphatic rings. The minimum absolute atomic E-state index is 0.0103. The Kier molecular flexibility index (Phi) is 4.20. The van der Waals surface area contributed by atoms with E-state index in [1.54, 1.807) is 0 Å². The molecule has 1 heterocycles. The summed E-state index contributed by atoms with van der Waals surface area (Å²) in [5.74, 6) is -0.299. The smallest absolute Gasteiger partial charge is 0.274 e. The number of amides is 1. The number of methoxy groups -OCH3 is 1. The summed E-state index contributed by atoms with van der Waals surface area (Å²) in [6, 6.07) is 0. The highest BCUT2D eigenvalue weighted by Gasteiger charge is 2.21. The molecule has 0 saturated carbocycles. The van der Waals surface area contributed by atoms with Crippen LogP contribution in [-0.4, -0.2) is 30.2 Å². The average molecular weight is 202 g/mol. The van der Waals surface area contributed by atoms with E-state index in [9.17, 15) is 4.79 Å². The van der Waals surface area contributed by atoms with E-state index in [-0.39, 0.29) is 17.9 Å². The second-order valence-electron chi connectivity index (χ2n) is 2.48. The molecule has 1 radical (unpaired) electrons. The summed E-state index contributed by atoms with van der Waals surface area (Å²) in [6.45, 7) is 2.05. The third-order valence-electron chi connectivity index (χ3n) is 1.41. The number of hydrogen-bond donors (Lipinski definition) is 1. The summed E-state index contributed by atoms with van der Waals surface area (Å²) in [5.41, 5.74) is 6.76. The van der Waals surface area contributed by atoms with Gasteiger partial charge in [-0.1, -0.05) is 18.7 Å². The number of aliphatic imine (C=N–C) groups is 1. The minimum Gasteiger partial charge on any atom is -0.375 e. The van der Waals surface area contributed by atoms with Crippen LogP contribution in [0.5, 0.6) is 0 Å². The quantitative estimate of drug-likeness (QED) is 0.705. The normalized spacial score (nSPS) is 24.8. The van der Waals surface area contributed by atoms with Crippen molar-refractivity contribution in [3.8, 4) is 0 Å². The van der Waals surface area contributed by atoms with Crippen molar-refractivity contribution in [2.75, 3.05) is 13.7 Å². The monoisotopic (exact) mass is 202 g/mol. The molecule has 1 rings (SSSR count). The van der Waals surface area contributed by atoms with Crippen LogP contribution >= 0.6 is 11.8 Å². The van der Waals surface area contributed by atoms with E-state index >= 15 is 0 Å². The zero-order valence-corrected chi connectivity index (χ0v) is 8.43. The average Bonchev–Trinajstić information content (AvgIpc) is 2.52. The lowest BCUT2D eigenvalue weighted by Crippen LogP contribution is -2.24. The Hall–Kier alpha value is -0.590. The van der Waals surface area contributed by atoms with E-state index in [2.05, 4.69) is 20.6 Å². The topological polar surface area (TPSA) is 64.8 Å². The lowest BCUT2D eigenvalue weighted by molar-refractivity contribution is -0.121. The molecular weight excluding hydrogens is 190 g/mol. The Morgan fingerprint density at radius 1 is 1.85 bits per heavy atom. The van der Waals surface area contributed by atoms with Gasteiger partial charge in [0.15, 0.2) is 0 Å². The van der Waals surface area contributed by atoms with Crippen LogP contribution in [0.3, 0.4) is 0 Å². The predicted octanol–water partition coefficient (Wildman–Crippen LogP) is 0.107. The maximum Gasteiger partial charge on any atom is 0.274 e. The summed E-state index contributed by atoms with van der Waals surface area (Å²) in [7, 11) is 1.46. The molecule has 0 aliphatic carbocycles.